The highest BCUT2D eigenvalue weighted by Crippen LogP contribution is 2.38. The van der Waals surface area contributed by atoms with Crippen molar-refractivity contribution in [1.29, 1.82) is 0 Å². The summed E-state index contributed by atoms with van der Waals surface area (Å²) < 4.78 is 0. The zero-order valence-corrected chi connectivity index (χ0v) is 12.9. The largest absolute Gasteiger partial charge is 0.399 e. The van der Waals surface area contributed by atoms with Gasteiger partial charge in [0.05, 0.1) is 0 Å². The molecular weight excluding hydrogens is 244 g/mol. The van der Waals surface area contributed by atoms with Crippen LogP contribution in [0.1, 0.15) is 51.5 Å². The highest BCUT2D eigenvalue weighted by atomic mass is 15.2. The fraction of sp³-hybridized carbons (Fsp3) is 0.667. The van der Waals surface area contributed by atoms with Crippen LogP contribution in [0.2, 0.25) is 0 Å². The number of benzene rings is 1. The van der Waals surface area contributed by atoms with Crippen LogP contribution >= 0.6 is 0 Å². The van der Waals surface area contributed by atoms with Gasteiger partial charge in [-0.2, -0.15) is 0 Å². The minimum absolute atomic E-state index is 0.787. The van der Waals surface area contributed by atoms with Crippen LogP contribution < -0.4 is 5.73 Å². The highest BCUT2D eigenvalue weighted by Gasteiger charge is 2.36. The van der Waals surface area contributed by atoms with Crippen LogP contribution in [-0.2, 0) is 6.54 Å². The number of anilines is 1. The van der Waals surface area contributed by atoms with Gasteiger partial charge in [-0.25, -0.2) is 0 Å². The van der Waals surface area contributed by atoms with Crippen molar-refractivity contribution >= 4 is 5.69 Å². The minimum atomic E-state index is 0.787. The summed E-state index contributed by atoms with van der Waals surface area (Å²) >= 11 is 0. The molecule has 2 N–H and O–H groups in total. The molecule has 1 aromatic carbocycles. The Morgan fingerprint density at radius 2 is 1.80 bits per heavy atom. The number of nitrogens with zero attached hydrogens (tertiary/aromatic N) is 1. The average Bonchev–Trinajstić information content (AvgIpc) is 3.24. The molecule has 3 atom stereocenters. The quantitative estimate of drug-likeness (QED) is 0.838. The molecule has 0 spiro atoms. The van der Waals surface area contributed by atoms with E-state index in [1.54, 1.807) is 0 Å². The Morgan fingerprint density at radius 3 is 2.45 bits per heavy atom. The van der Waals surface area contributed by atoms with E-state index in [1.165, 1.54) is 37.7 Å². The van der Waals surface area contributed by atoms with Gasteiger partial charge in [-0.05, 0) is 61.6 Å². The van der Waals surface area contributed by atoms with E-state index in [9.17, 15) is 0 Å². The molecule has 2 heteroatoms. The normalized spacial score (nSPS) is 30.6. The molecule has 110 valence electrons. The van der Waals surface area contributed by atoms with Crippen molar-refractivity contribution in [2.45, 2.75) is 64.6 Å². The predicted octanol–water partition coefficient (Wildman–Crippen LogP) is 4.06. The zero-order chi connectivity index (χ0) is 14.1. The number of hydrogen-bond acceptors (Lipinski definition) is 2. The summed E-state index contributed by atoms with van der Waals surface area (Å²) in [5.74, 6) is 1.77. The summed E-state index contributed by atoms with van der Waals surface area (Å²) in [6.45, 7) is 5.93. The molecule has 0 bridgehead atoms. The van der Waals surface area contributed by atoms with Crippen molar-refractivity contribution in [2.24, 2.45) is 11.8 Å². The van der Waals surface area contributed by atoms with E-state index < -0.39 is 0 Å². The second-order valence-electron chi connectivity index (χ2n) is 7.07. The zero-order valence-electron chi connectivity index (χ0n) is 12.9. The average molecular weight is 272 g/mol. The Kier molecular flexibility index (Phi) is 4.02. The molecule has 0 aliphatic heterocycles. The van der Waals surface area contributed by atoms with Gasteiger partial charge in [0.2, 0.25) is 0 Å². The summed E-state index contributed by atoms with van der Waals surface area (Å²) in [5.41, 5.74) is 8.20. The molecule has 2 nitrogen and oxygen atoms in total. The van der Waals surface area contributed by atoms with Crippen LogP contribution in [-0.4, -0.2) is 17.0 Å². The van der Waals surface area contributed by atoms with Crippen LogP contribution in [0.4, 0.5) is 5.69 Å². The van der Waals surface area contributed by atoms with Crippen molar-refractivity contribution in [2.75, 3.05) is 5.73 Å². The summed E-state index contributed by atoms with van der Waals surface area (Å²) in [6.07, 6.45) is 6.93. The van der Waals surface area contributed by atoms with E-state index in [4.69, 9.17) is 5.73 Å². The number of nitrogens with two attached hydrogens (primary N) is 1. The maximum Gasteiger partial charge on any atom is 0.0317 e. The molecule has 0 heterocycles. The smallest absolute Gasteiger partial charge is 0.0317 e. The van der Waals surface area contributed by atoms with Gasteiger partial charge < -0.3 is 5.73 Å². The van der Waals surface area contributed by atoms with Crippen molar-refractivity contribution in [3.05, 3.63) is 29.8 Å². The Labute approximate surface area is 123 Å². The van der Waals surface area contributed by atoms with Crippen molar-refractivity contribution in [3.8, 4) is 0 Å². The molecule has 2 fully saturated rings. The first-order valence-corrected chi connectivity index (χ1v) is 8.23. The highest BCUT2D eigenvalue weighted by molar-refractivity contribution is 5.40. The Hall–Kier alpha value is -1.02. The van der Waals surface area contributed by atoms with Crippen molar-refractivity contribution in [1.82, 2.24) is 4.90 Å². The van der Waals surface area contributed by atoms with E-state index in [0.717, 1.165) is 36.2 Å². The van der Waals surface area contributed by atoms with Gasteiger partial charge in [-0.1, -0.05) is 26.0 Å². The second kappa shape index (κ2) is 5.77. The molecule has 2 aliphatic carbocycles. The van der Waals surface area contributed by atoms with E-state index >= 15 is 0 Å². The molecule has 0 radical (unpaired) electrons. The van der Waals surface area contributed by atoms with Crippen molar-refractivity contribution in [3.63, 3.8) is 0 Å². The van der Waals surface area contributed by atoms with Crippen LogP contribution in [0.25, 0.3) is 0 Å². The molecule has 2 saturated carbocycles. The molecule has 1 aromatic rings. The third-order valence-electron chi connectivity index (χ3n) is 5.37. The Morgan fingerprint density at radius 1 is 1.05 bits per heavy atom. The van der Waals surface area contributed by atoms with E-state index in [2.05, 4.69) is 36.9 Å². The summed E-state index contributed by atoms with van der Waals surface area (Å²) in [7, 11) is 0. The third kappa shape index (κ3) is 3.17. The predicted molar refractivity (Wildman–Crippen MR) is 85.4 cm³/mol. The fourth-order valence-corrected chi connectivity index (χ4v) is 3.69. The summed E-state index contributed by atoms with van der Waals surface area (Å²) in [6, 6.07) is 10.1. The second-order valence-corrected chi connectivity index (χ2v) is 7.07. The number of hydrogen-bond donors (Lipinski definition) is 1. The van der Waals surface area contributed by atoms with Gasteiger partial charge in [-0.3, -0.25) is 4.90 Å². The van der Waals surface area contributed by atoms with E-state index in [1.807, 2.05) is 6.07 Å². The third-order valence-corrected chi connectivity index (χ3v) is 5.37. The Balaban J connectivity index is 1.70. The molecular formula is C18H28N2. The van der Waals surface area contributed by atoms with Gasteiger partial charge in [0.1, 0.15) is 0 Å². The standard InChI is InChI=1S/C18H28N2/c1-13-6-7-18(10-14(13)2)20(17-8-9-17)12-15-4-3-5-16(19)11-15/h3-5,11,13-14,17-18H,6-10,12,19H2,1-2H3. The molecule has 20 heavy (non-hydrogen) atoms. The SMILES string of the molecule is CC1CCC(N(Cc2cccc(N)c2)C2CC2)CC1C. The summed E-state index contributed by atoms with van der Waals surface area (Å²) in [4.78, 5) is 2.77. The molecule has 0 amide bonds. The molecule has 3 unspecified atom stereocenters. The molecule has 0 aromatic heterocycles. The van der Waals surface area contributed by atoms with Crippen molar-refractivity contribution < 1.29 is 0 Å². The van der Waals surface area contributed by atoms with Crippen LogP contribution in [0.15, 0.2) is 24.3 Å². The van der Waals surface area contributed by atoms with E-state index in [-0.39, 0.29) is 0 Å². The lowest BCUT2D eigenvalue weighted by molar-refractivity contribution is 0.0957. The van der Waals surface area contributed by atoms with Crippen LogP contribution in [0, 0.1) is 11.8 Å². The fourth-order valence-electron chi connectivity index (χ4n) is 3.69. The molecule has 2 aliphatic rings. The maximum atomic E-state index is 5.93. The van der Waals surface area contributed by atoms with Gasteiger partial charge in [0, 0.05) is 24.3 Å². The van der Waals surface area contributed by atoms with Gasteiger partial charge in [-0.15, -0.1) is 0 Å². The number of rotatable bonds is 4. The lowest BCUT2D eigenvalue weighted by Gasteiger charge is -2.39. The van der Waals surface area contributed by atoms with Gasteiger partial charge >= 0.3 is 0 Å². The minimum Gasteiger partial charge on any atom is -0.399 e. The van der Waals surface area contributed by atoms with E-state index in [0.29, 0.717) is 0 Å². The summed E-state index contributed by atoms with van der Waals surface area (Å²) in [5, 5.41) is 0. The molecule has 3 rings (SSSR count). The monoisotopic (exact) mass is 272 g/mol. The lowest BCUT2D eigenvalue weighted by Crippen LogP contribution is -2.41. The topological polar surface area (TPSA) is 29.3 Å². The first kappa shape index (κ1) is 13.9. The Bertz CT molecular complexity index is 452. The first-order chi connectivity index (χ1) is 9.63. The molecule has 0 saturated heterocycles. The van der Waals surface area contributed by atoms with Crippen LogP contribution in [0.5, 0.6) is 0 Å². The van der Waals surface area contributed by atoms with Gasteiger partial charge in [0.15, 0.2) is 0 Å². The first-order valence-electron chi connectivity index (χ1n) is 8.23. The van der Waals surface area contributed by atoms with Crippen LogP contribution in [0.3, 0.4) is 0 Å². The lowest BCUT2D eigenvalue weighted by atomic mass is 9.78. The number of nitrogen functional groups attached to an aromatic ring is 1. The maximum absolute atomic E-state index is 5.93. The van der Waals surface area contributed by atoms with Gasteiger partial charge in [0.25, 0.3) is 0 Å².